The van der Waals surface area contributed by atoms with Crippen LogP contribution in [0.5, 0.6) is 0 Å². The summed E-state index contributed by atoms with van der Waals surface area (Å²) in [5.41, 5.74) is 9.12. The number of hydrogen-bond acceptors (Lipinski definition) is 7. The van der Waals surface area contributed by atoms with E-state index < -0.39 is 10.0 Å². The van der Waals surface area contributed by atoms with Crippen LogP contribution in [0.1, 0.15) is 30.5 Å². The fraction of sp³-hybridized carbons (Fsp3) is 0.306. The Morgan fingerprint density at radius 3 is 2.13 bits per heavy atom. The molecule has 8 nitrogen and oxygen atoms in total. The van der Waals surface area contributed by atoms with E-state index in [-0.39, 0.29) is 16.8 Å². The maximum Gasteiger partial charge on any atom is 0.261 e. The highest BCUT2D eigenvalue weighted by atomic mass is 35.5. The fourth-order valence-corrected chi connectivity index (χ4v) is 10.7. The summed E-state index contributed by atoms with van der Waals surface area (Å²) < 4.78 is 47.5. The summed E-state index contributed by atoms with van der Waals surface area (Å²) in [6.45, 7) is 10.3. The molecule has 6 aromatic rings. The van der Waals surface area contributed by atoms with Gasteiger partial charge in [0.1, 0.15) is 5.82 Å². The van der Waals surface area contributed by atoms with E-state index in [0.717, 1.165) is 82.5 Å². The van der Waals surface area contributed by atoms with Crippen LogP contribution in [0.25, 0.3) is 22.4 Å². The minimum absolute atomic E-state index is 0.229. The van der Waals surface area contributed by atoms with Crippen molar-refractivity contribution in [1.82, 2.24) is 9.47 Å². The molecular weight excluding hydrogens is 823 g/mol. The molecule has 61 heavy (non-hydrogen) atoms. The van der Waals surface area contributed by atoms with Crippen molar-refractivity contribution in [2.24, 2.45) is 7.05 Å². The Morgan fingerprint density at radius 1 is 0.754 bits per heavy atom. The van der Waals surface area contributed by atoms with Gasteiger partial charge in [0.25, 0.3) is 10.0 Å². The summed E-state index contributed by atoms with van der Waals surface area (Å²) in [7, 11) is -1.79. The molecule has 5 aromatic carbocycles. The molecular formula is C49H54ClFN6O2S2. The minimum Gasteiger partial charge on any atom is -0.381 e. The van der Waals surface area contributed by atoms with Crippen molar-refractivity contribution in [3.8, 4) is 22.4 Å². The Kier molecular flexibility index (Phi) is 13.3. The van der Waals surface area contributed by atoms with E-state index in [4.69, 9.17) is 11.6 Å². The molecule has 0 amide bonds. The summed E-state index contributed by atoms with van der Waals surface area (Å²) in [5, 5.41) is 4.42. The van der Waals surface area contributed by atoms with E-state index in [2.05, 4.69) is 72.6 Å². The molecule has 3 heterocycles. The molecule has 0 bridgehead atoms. The van der Waals surface area contributed by atoms with Crippen LogP contribution in [-0.4, -0.2) is 75.5 Å². The van der Waals surface area contributed by atoms with Crippen LogP contribution in [0.3, 0.4) is 0 Å². The first-order chi connectivity index (χ1) is 29.5. The van der Waals surface area contributed by atoms with Gasteiger partial charge in [0.2, 0.25) is 0 Å². The highest BCUT2D eigenvalue weighted by molar-refractivity contribution is 7.99. The zero-order chi connectivity index (χ0) is 42.5. The predicted octanol–water partition coefficient (Wildman–Crippen LogP) is 11.0. The molecule has 2 saturated heterocycles. The zero-order valence-electron chi connectivity index (χ0n) is 35.1. The second kappa shape index (κ2) is 19.0. The number of aromatic nitrogens is 1. The van der Waals surface area contributed by atoms with Crippen molar-refractivity contribution in [1.29, 1.82) is 0 Å². The van der Waals surface area contributed by atoms with Gasteiger partial charge in [-0.15, -0.1) is 11.8 Å². The fourth-order valence-electron chi connectivity index (χ4n) is 8.44. The monoisotopic (exact) mass is 876 g/mol. The van der Waals surface area contributed by atoms with E-state index >= 15 is 4.39 Å². The Morgan fingerprint density at radius 2 is 1.44 bits per heavy atom. The molecule has 1 aromatic heterocycles. The minimum atomic E-state index is -3.82. The molecule has 0 saturated carbocycles. The van der Waals surface area contributed by atoms with E-state index in [9.17, 15) is 8.42 Å². The maximum atomic E-state index is 15.3. The average Bonchev–Trinajstić information content (AvgIpc) is 3.90. The summed E-state index contributed by atoms with van der Waals surface area (Å²) in [6.07, 6.45) is 3.56. The maximum absolute atomic E-state index is 15.3. The lowest BCUT2D eigenvalue weighted by molar-refractivity contribution is 0.328. The first-order valence-corrected chi connectivity index (χ1v) is 24.0. The number of benzene rings is 5. The van der Waals surface area contributed by atoms with Crippen molar-refractivity contribution >= 4 is 56.1 Å². The van der Waals surface area contributed by atoms with Crippen molar-refractivity contribution in [3.63, 3.8) is 0 Å². The number of halogens is 2. The van der Waals surface area contributed by atoms with Gasteiger partial charge in [0.05, 0.1) is 10.6 Å². The van der Waals surface area contributed by atoms with Crippen molar-refractivity contribution in [3.05, 3.63) is 143 Å². The quantitative estimate of drug-likeness (QED) is 0.0996. The molecule has 0 radical (unpaired) electrons. The number of nitrogens with one attached hydrogen (secondary N) is 2. The van der Waals surface area contributed by atoms with Crippen LogP contribution < -0.4 is 19.8 Å². The number of sulfonamides is 1. The Balaban J connectivity index is 0.886. The largest absolute Gasteiger partial charge is 0.381 e. The number of likely N-dealkylation sites (tertiary alicyclic amines) is 1. The van der Waals surface area contributed by atoms with Crippen LogP contribution in [0.15, 0.2) is 131 Å². The lowest BCUT2D eigenvalue weighted by Gasteiger charge is -2.37. The van der Waals surface area contributed by atoms with Gasteiger partial charge in [-0.3, -0.25) is 4.72 Å². The van der Waals surface area contributed by atoms with Gasteiger partial charge < -0.3 is 24.6 Å². The molecule has 2 aliphatic rings. The molecule has 2 aliphatic heterocycles. The Bertz CT molecular complexity index is 2540. The number of piperazine rings is 1. The van der Waals surface area contributed by atoms with Crippen LogP contribution in [0.4, 0.5) is 27.1 Å². The molecule has 12 heteroatoms. The lowest BCUT2D eigenvalue weighted by Crippen LogP contribution is -2.46. The Hall–Kier alpha value is -4.94. The molecule has 1 atom stereocenters. The molecule has 2 N–H and O–H groups in total. The summed E-state index contributed by atoms with van der Waals surface area (Å²) in [4.78, 5) is 8.52. The molecule has 318 valence electrons. The number of hydrogen-bond donors (Lipinski definition) is 2. The number of nitrogens with zero attached hydrogens (tertiary/aromatic N) is 4. The highest BCUT2D eigenvalue weighted by Gasteiger charge is 2.23. The molecule has 2 fully saturated rings. The molecule has 0 unspecified atom stereocenters. The summed E-state index contributed by atoms with van der Waals surface area (Å²) >= 11 is 8.04. The molecule has 8 rings (SSSR count). The first kappa shape index (κ1) is 42.7. The predicted molar refractivity (Wildman–Crippen MR) is 254 cm³/mol. The van der Waals surface area contributed by atoms with Gasteiger partial charge in [-0.05, 0) is 154 Å². The molecule has 0 aliphatic carbocycles. The van der Waals surface area contributed by atoms with Crippen LogP contribution in [-0.2, 0) is 17.1 Å². The third-order valence-electron chi connectivity index (χ3n) is 12.0. The second-order valence-corrected chi connectivity index (χ2v) is 19.4. The molecule has 0 spiro atoms. The van der Waals surface area contributed by atoms with E-state index in [1.807, 2.05) is 86.4 Å². The van der Waals surface area contributed by atoms with Crippen molar-refractivity contribution in [2.75, 3.05) is 71.4 Å². The Labute approximate surface area is 369 Å². The van der Waals surface area contributed by atoms with Gasteiger partial charge in [-0.25, -0.2) is 12.8 Å². The number of rotatable bonds is 15. The van der Waals surface area contributed by atoms with E-state index in [0.29, 0.717) is 23.8 Å². The van der Waals surface area contributed by atoms with Gasteiger partial charge in [0.15, 0.2) is 0 Å². The van der Waals surface area contributed by atoms with Gasteiger partial charge in [0, 0.05) is 95.5 Å². The van der Waals surface area contributed by atoms with Crippen molar-refractivity contribution < 1.29 is 12.8 Å². The standard InChI is InChI=1S/C49H54ClFN6O2S2/c1-35-29-46(19-20-48(35)52-42(21-24-55-22-7-8-23-55)34-60-45-9-5-4-6-10-45)61(58,59)53-41-15-17-43(18-16-41)56-25-27-57(28-26-56)44-32-38(31-40(51)33-44)47-30-36(2)54(3)49(47)37-11-13-39(50)14-12-37/h4-6,9-20,29-33,42,52-53H,7-8,21-28,34H2,1-3H3/t42-/m1/s1. The third kappa shape index (κ3) is 10.4. The van der Waals surface area contributed by atoms with E-state index in [1.165, 1.54) is 30.8 Å². The summed E-state index contributed by atoms with van der Waals surface area (Å²) in [6, 6.07) is 38.8. The third-order valence-corrected chi connectivity index (χ3v) is 14.8. The normalized spacial score (nSPS) is 15.3. The van der Waals surface area contributed by atoms with Crippen LogP contribution >= 0.6 is 23.4 Å². The second-order valence-electron chi connectivity index (χ2n) is 16.2. The number of anilines is 4. The van der Waals surface area contributed by atoms with Crippen LogP contribution in [0, 0.1) is 19.7 Å². The SMILES string of the molecule is Cc1cc(S(=O)(=O)Nc2ccc(N3CCN(c4cc(F)cc(-c5cc(C)n(C)c5-c5ccc(Cl)cc5)c4)CC3)cc2)ccc1N[C@H](CCN1CCCC1)CSc1ccccc1. The lowest BCUT2D eigenvalue weighted by atomic mass is 10.00. The van der Waals surface area contributed by atoms with Crippen LogP contribution in [0.2, 0.25) is 5.02 Å². The average molecular weight is 878 g/mol. The van der Waals surface area contributed by atoms with Gasteiger partial charge >= 0.3 is 0 Å². The number of thioether (sulfide) groups is 1. The van der Waals surface area contributed by atoms with Gasteiger partial charge in [-0.2, -0.15) is 0 Å². The topological polar surface area (TPSA) is 72.8 Å². The van der Waals surface area contributed by atoms with E-state index in [1.54, 1.807) is 24.3 Å². The van der Waals surface area contributed by atoms with Gasteiger partial charge in [-0.1, -0.05) is 41.9 Å². The number of aryl methyl sites for hydroxylation is 2. The zero-order valence-corrected chi connectivity index (χ0v) is 37.5. The van der Waals surface area contributed by atoms with Crippen molar-refractivity contribution in [2.45, 2.75) is 48.9 Å². The summed E-state index contributed by atoms with van der Waals surface area (Å²) in [5.74, 6) is 0.644. The smallest absolute Gasteiger partial charge is 0.261 e. The highest BCUT2D eigenvalue weighted by Crippen LogP contribution is 2.38. The first-order valence-electron chi connectivity index (χ1n) is 21.1.